The standard InChI is InChI=1S/C22H29N7O7S/c1-12(30)24-20-26-15(17(37-20)18(32)23-11-10-16(31)29(2)3)9-6-13-4-7-14(8-5-13)25-19(27-21(33)34)28-22(35)36/h4-5,7-8,19,25,27-28H,6,9-11H2,1-3H3,(H,23,32)(H,33,34)(H,35,36)(H,24,26,30). The lowest BCUT2D eigenvalue weighted by Crippen LogP contribution is -2.52. The van der Waals surface area contributed by atoms with E-state index in [1.165, 1.54) is 11.8 Å². The largest absolute Gasteiger partial charge is 0.465 e. The van der Waals surface area contributed by atoms with E-state index in [4.69, 9.17) is 10.2 Å². The van der Waals surface area contributed by atoms with Gasteiger partial charge in [0.05, 0.1) is 5.69 Å². The Kier molecular flexibility index (Phi) is 10.6. The predicted octanol–water partition coefficient (Wildman–Crippen LogP) is 1.33. The minimum Gasteiger partial charge on any atom is -0.465 e. The molecule has 0 fully saturated rings. The number of benzene rings is 1. The lowest BCUT2D eigenvalue weighted by atomic mass is 10.1. The van der Waals surface area contributed by atoms with Crippen LogP contribution in [0.4, 0.5) is 20.4 Å². The highest BCUT2D eigenvalue weighted by atomic mass is 32.1. The maximum Gasteiger partial charge on any atom is 0.407 e. The van der Waals surface area contributed by atoms with Crippen molar-refractivity contribution in [3.05, 3.63) is 40.4 Å². The summed E-state index contributed by atoms with van der Waals surface area (Å²) in [5.74, 6) is -0.830. The van der Waals surface area contributed by atoms with Crippen LogP contribution in [0, 0.1) is 0 Å². The summed E-state index contributed by atoms with van der Waals surface area (Å²) in [5, 5.41) is 30.0. The summed E-state index contributed by atoms with van der Waals surface area (Å²) < 4.78 is 0. The molecule has 0 aliphatic heterocycles. The molecular weight excluding hydrogens is 506 g/mol. The van der Waals surface area contributed by atoms with Crippen molar-refractivity contribution in [1.82, 2.24) is 25.8 Å². The lowest BCUT2D eigenvalue weighted by Gasteiger charge is -2.19. The number of nitrogens with one attached hydrogen (secondary N) is 5. The molecule has 1 aromatic heterocycles. The maximum atomic E-state index is 12.7. The molecule has 0 bridgehead atoms. The van der Waals surface area contributed by atoms with Gasteiger partial charge in [0.25, 0.3) is 5.91 Å². The van der Waals surface area contributed by atoms with Gasteiger partial charge in [0, 0.05) is 39.7 Å². The minimum atomic E-state index is -1.41. The summed E-state index contributed by atoms with van der Waals surface area (Å²) >= 11 is 1.04. The van der Waals surface area contributed by atoms with Gasteiger partial charge < -0.3 is 31.1 Å². The quantitative estimate of drug-likeness (QED) is 0.196. The Balaban J connectivity index is 2.06. The van der Waals surface area contributed by atoms with E-state index < -0.39 is 24.4 Å². The first-order chi connectivity index (χ1) is 17.4. The number of hydrogen-bond donors (Lipinski definition) is 7. The van der Waals surface area contributed by atoms with Gasteiger partial charge in [-0.05, 0) is 30.5 Å². The van der Waals surface area contributed by atoms with Crippen LogP contribution < -0.4 is 26.6 Å². The maximum absolute atomic E-state index is 12.7. The van der Waals surface area contributed by atoms with Crippen LogP contribution in [0.25, 0.3) is 0 Å². The minimum absolute atomic E-state index is 0.120. The van der Waals surface area contributed by atoms with Crippen molar-refractivity contribution in [2.24, 2.45) is 0 Å². The summed E-state index contributed by atoms with van der Waals surface area (Å²) in [6, 6.07) is 6.81. The molecule has 37 heavy (non-hydrogen) atoms. The van der Waals surface area contributed by atoms with Crippen molar-refractivity contribution in [3.8, 4) is 0 Å². The van der Waals surface area contributed by atoms with Crippen LogP contribution in [-0.2, 0) is 22.4 Å². The second kappa shape index (κ2) is 13.6. The number of thiazole rings is 1. The number of carboxylic acid groups (broad SMARTS) is 2. The third-order valence-electron chi connectivity index (χ3n) is 4.76. The third kappa shape index (κ3) is 10.0. The van der Waals surface area contributed by atoms with Crippen LogP contribution in [-0.4, -0.2) is 76.9 Å². The van der Waals surface area contributed by atoms with Crippen molar-refractivity contribution in [3.63, 3.8) is 0 Å². The van der Waals surface area contributed by atoms with Crippen molar-refractivity contribution in [2.75, 3.05) is 31.3 Å². The molecule has 14 nitrogen and oxygen atoms in total. The molecule has 15 heteroatoms. The first-order valence-electron chi connectivity index (χ1n) is 11.0. The van der Waals surface area contributed by atoms with Crippen LogP contribution in [0.2, 0.25) is 0 Å². The van der Waals surface area contributed by atoms with E-state index in [1.54, 1.807) is 38.4 Å². The normalized spacial score (nSPS) is 10.4. The number of amides is 5. The Morgan fingerprint density at radius 2 is 1.62 bits per heavy atom. The fraction of sp³-hybridized carbons (Fsp3) is 0.364. The highest BCUT2D eigenvalue weighted by Crippen LogP contribution is 2.25. The van der Waals surface area contributed by atoms with Crippen LogP contribution in [0.15, 0.2) is 24.3 Å². The average Bonchev–Trinajstić information content (AvgIpc) is 3.19. The Morgan fingerprint density at radius 3 is 2.16 bits per heavy atom. The molecule has 5 amide bonds. The number of hydrogen-bond acceptors (Lipinski definition) is 8. The highest BCUT2D eigenvalue weighted by molar-refractivity contribution is 7.17. The summed E-state index contributed by atoms with van der Waals surface area (Å²) in [6.45, 7) is 1.50. The first-order valence-corrected chi connectivity index (χ1v) is 11.9. The number of carbonyl (C=O) groups is 5. The zero-order valence-electron chi connectivity index (χ0n) is 20.5. The third-order valence-corrected chi connectivity index (χ3v) is 5.77. The van der Waals surface area contributed by atoms with E-state index >= 15 is 0 Å². The molecular formula is C22H29N7O7S. The van der Waals surface area contributed by atoms with Gasteiger partial charge in [-0.15, -0.1) is 0 Å². The molecule has 0 saturated heterocycles. The number of nitrogens with zero attached hydrogens (tertiary/aromatic N) is 2. The van der Waals surface area contributed by atoms with E-state index in [9.17, 15) is 24.0 Å². The fourth-order valence-electron chi connectivity index (χ4n) is 3.04. The lowest BCUT2D eigenvalue weighted by molar-refractivity contribution is -0.128. The molecule has 7 N–H and O–H groups in total. The second-order valence-electron chi connectivity index (χ2n) is 7.94. The van der Waals surface area contributed by atoms with Crippen LogP contribution in [0.3, 0.4) is 0 Å². The van der Waals surface area contributed by atoms with Crippen LogP contribution >= 0.6 is 11.3 Å². The van der Waals surface area contributed by atoms with Crippen molar-refractivity contribution in [2.45, 2.75) is 32.5 Å². The summed E-state index contributed by atoms with van der Waals surface area (Å²) in [4.78, 5) is 63.8. The molecule has 0 unspecified atom stereocenters. The molecule has 2 aromatic rings. The second-order valence-corrected chi connectivity index (χ2v) is 8.94. The predicted molar refractivity (Wildman–Crippen MR) is 136 cm³/mol. The topological polar surface area (TPSA) is 202 Å². The van der Waals surface area contributed by atoms with Gasteiger partial charge >= 0.3 is 12.2 Å². The van der Waals surface area contributed by atoms with Gasteiger partial charge in [0.2, 0.25) is 11.8 Å². The van der Waals surface area contributed by atoms with Crippen molar-refractivity contribution in [1.29, 1.82) is 0 Å². The van der Waals surface area contributed by atoms with Gasteiger partial charge in [0.15, 0.2) is 11.4 Å². The smallest absolute Gasteiger partial charge is 0.407 e. The zero-order chi connectivity index (χ0) is 27.5. The fourth-order valence-corrected chi connectivity index (χ4v) is 4.02. The van der Waals surface area contributed by atoms with Gasteiger partial charge in [-0.3, -0.25) is 25.0 Å². The number of carbonyl (C=O) groups excluding carboxylic acids is 3. The molecule has 1 heterocycles. The van der Waals surface area contributed by atoms with Gasteiger partial charge in [-0.25, -0.2) is 14.6 Å². The molecule has 0 saturated carbocycles. The Morgan fingerprint density at radius 1 is 1.00 bits per heavy atom. The first kappa shape index (κ1) is 28.8. The monoisotopic (exact) mass is 535 g/mol. The van der Waals surface area contributed by atoms with E-state index in [1.807, 2.05) is 10.6 Å². The number of aromatic nitrogens is 1. The number of rotatable bonds is 12. The Hall–Kier alpha value is -4.40. The highest BCUT2D eigenvalue weighted by Gasteiger charge is 2.19. The molecule has 1 aromatic carbocycles. The molecule has 200 valence electrons. The van der Waals surface area contributed by atoms with Gasteiger partial charge in [0.1, 0.15) is 4.88 Å². The van der Waals surface area contributed by atoms with E-state index in [2.05, 4.69) is 20.9 Å². The average molecular weight is 536 g/mol. The van der Waals surface area contributed by atoms with Crippen molar-refractivity contribution < 1.29 is 34.2 Å². The van der Waals surface area contributed by atoms with E-state index in [0.717, 1.165) is 16.9 Å². The van der Waals surface area contributed by atoms with Crippen LogP contribution in [0.1, 0.15) is 34.3 Å². The molecule has 0 aliphatic carbocycles. The molecule has 0 spiro atoms. The Bertz CT molecular complexity index is 1120. The Labute approximate surface area is 216 Å². The molecule has 0 atom stereocenters. The zero-order valence-corrected chi connectivity index (χ0v) is 21.3. The summed E-state index contributed by atoms with van der Waals surface area (Å²) in [6.07, 6.45) is -3.05. The van der Waals surface area contributed by atoms with Gasteiger partial charge in [-0.1, -0.05) is 23.5 Å². The summed E-state index contributed by atoms with van der Waals surface area (Å²) in [5.41, 5.74) is 1.82. The van der Waals surface area contributed by atoms with Crippen LogP contribution in [0.5, 0.6) is 0 Å². The van der Waals surface area contributed by atoms with E-state index in [0.29, 0.717) is 34.2 Å². The van der Waals surface area contributed by atoms with E-state index in [-0.39, 0.29) is 24.8 Å². The molecule has 2 rings (SSSR count). The molecule has 0 aliphatic rings. The van der Waals surface area contributed by atoms with Crippen molar-refractivity contribution >= 4 is 52.1 Å². The number of aryl methyl sites for hydroxylation is 2. The molecule has 0 radical (unpaired) electrons. The number of anilines is 2. The summed E-state index contributed by atoms with van der Waals surface area (Å²) in [7, 11) is 3.26. The van der Waals surface area contributed by atoms with Gasteiger partial charge in [-0.2, -0.15) is 0 Å². The SMILES string of the molecule is CC(=O)Nc1nc(CCc2ccc(NC(NC(=O)O)NC(=O)O)cc2)c(C(=O)NCCC(=O)N(C)C)s1.